The van der Waals surface area contributed by atoms with Gasteiger partial charge < -0.3 is 5.21 Å². The largest absolute Gasteiger partial charge is 0.411 e. The van der Waals surface area contributed by atoms with Gasteiger partial charge in [-0.15, -0.1) is 0 Å². The van der Waals surface area contributed by atoms with Gasteiger partial charge in [-0.25, -0.2) is 0 Å². The molecule has 0 aromatic rings. The van der Waals surface area contributed by atoms with Crippen LogP contribution in [0.4, 0.5) is 0 Å². The van der Waals surface area contributed by atoms with Crippen LogP contribution < -0.4 is 0 Å². The van der Waals surface area contributed by atoms with E-state index in [2.05, 4.69) is 11.2 Å². The van der Waals surface area contributed by atoms with E-state index >= 15 is 0 Å². The summed E-state index contributed by atoms with van der Waals surface area (Å²) in [5.41, 5.74) is 2.35. The zero-order valence-electron chi connectivity index (χ0n) is 6.04. The maximum absolute atomic E-state index is 8.21. The molecule has 2 heteroatoms. The van der Waals surface area contributed by atoms with E-state index in [9.17, 15) is 0 Å². The molecule has 1 N–H and O–H groups in total. The van der Waals surface area contributed by atoms with Gasteiger partial charge in [0.25, 0.3) is 0 Å². The molecule has 0 bridgehead atoms. The number of allylic oxidation sites excluding steroid dienone is 4. The third-order valence-corrected chi connectivity index (χ3v) is 1.54. The van der Waals surface area contributed by atoms with Crippen LogP contribution in [0.2, 0.25) is 0 Å². The Kier molecular flexibility index (Phi) is 2.26. The minimum Gasteiger partial charge on any atom is -0.411 e. The van der Waals surface area contributed by atoms with Crippen molar-refractivity contribution >= 4 is 6.21 Å². The lowest BCUT2D eigenvalue weighted by Gasteiger charge is -2.05. The zero-order valence-corrected chi connectivity index (χ0v) is 6.04. The second-order valence-electron chi connectivity index (χ2n) is 2.45. The van der Waals surface area contributed by atoms with Gasteiger partial charge in [0.15, 0.2) is 0 Å². The minimum absolute atomic E-state index is 0.988. The Morgan fingerprint density at radius 2 is 2.50 bits per heavy atom. The normalized spacial score (nSPS) is 18.9. The second-order valence-corrected chi connectivity index (χ2v) is 2.45. The quantitative estimate of drug-likeness (QED) is 0.335. The van der Waals surface area contributed by atoms with Crippen LogP contribution in [-0.2, 0) is 0 Å². The first-order chi connectivity index (χ1) is 4.83. The van der Waals surface area contributed by atoms with E-state index < -0.39 is 0 Å². The second kappa shape index (κ2) is 3.20. The zero-order chi connectivity index (χ0) is 7.40. The maximum Gasteiger partial charge on any atom is 0.0693 e. The van der Waals surface area contributed by atoms with Crippen molar-refractivity contribution in [2.45, 2.75) is 19.8 Å². The van der Waals surface area contributed by atoms with Gasteiger partial charge in [0.05, 0.1) is 6.21 Å². The number of nitrogens with zero attached hydrogens (tertiary/aromatic N) is 1. The van der Waals surface area contributed by atoms with Gasteiger partial charge in [0.1, 0.15) is 0 Å². The van der Waals surface area contributed by atoms with Gasteiger partial charge >= 0.3 is 0 Å². The average molecular weight is 137 g/mol. The lowest BCUT2D eigenvalue weighted by Crippen LogP contribution is -1.91. The molecule has 0 aromatic heterocycles. The smallest absolute Gasteiger partial charge is 0.0693 e. The molecule has 0 amide bonds. The summed E-state index contributed by atoms with van der Waals surface area (Å²) in [6.07, 6.45) is 7.75. The fourth-order valence-electron chi connectivity index (χ4n) is 1.07. The topological polar surface area (TPSA) is 32.6 Å². The molecule has 0 saturated heterocycles. The lowest BCUT2D eigenvalue weighted by atomic mass is 10.0. The fraction of sp³-hybridized carbons (Fsp3) is 0.375. The highest BCUT2D eigenvalue weighted by Gasteiger charge is 1.98. The average Bonchev–Trinajstić information content (AvgIpc) is 1.88. The van der Waals surface area contributed by atoms with Crippen molar-refractivity contribution < 1.29 is 5.21 Å². The molecule has 0 radical (unpaired) electrons. The van der Waals surface area contributed by atoms with Crippen LogP contribution in [0, 0.1) is 0 Å². The molecule has 0 heterocycles. The summed E-state index contributed by atoms with van der Waals surface area (Å²) in [7, 11) is 0. The van der Waals surface area contributed by atoms with Gasteiger partial charge in [0.2, 0.25) is 0 Å². The first-order valence-corrected chi connectivity index (χ1v) is 3.37. The van der Waals surface area contributed by atoms with Gasteiger partial charge in [-0.3, -0.25) is 0 Å². The summed E-state index contributed by atoms with van der Waals surface area (Å²) >= 11 is 0. The van der Waals surface area contributed by atoms with E-state index in [0.717, 1.165) is 18.4 Å². The van der Waals surface area contributed by atoms with Crippen molar-refractivity contribution in [3.8, 4) is 0 Å². The fourth-order valence-corrected chi connectivity index (χ4v) is 1.07. The first-order valence-electron chi connectivity index (χ1n) is 3.37. The van der Waals surface area contributed by atoms with Crippen LogP contribution in [0.5, 0.6) is 0 Å². The Hall–Kier alpha value is -1.05. The van der Waals surface area contributed by atoms with Gasteiger partial charge in [-0.2, -0.15) is 0 Å². The van der Waals surface area contributed by atoms with Crippen LogP contribution >= 0.6 is 0 Å². The van der Waals surface area contributed by atoms with E-state index in [1.165, 1.54) is 11.8 Å². The van der Waals surface area contributed by atoms with E-state index in [1.54, 1.807) is 0 Å². The summed E-state index contributed by atoms with van der Waals surface area (Å²) < 4.78 is 0. The number of rotatable bonds is 1. The number of oxime groups is 1. The van der Waals surface area contributed by atoms with Crippen LogP contribution in [0.3, 0.4) is 0 Å². The highest BCUT2D eigenvalue weighted by atomic mass is 16.4. The molecular formula is C8H11NO. The molecule has 0 unspecified atom stereocenters. The van der Waals surface area contributed by atoms with E-state index in [4.69, 9.17) is 5.21 Å². The molecule has 0 aliphatic heterocycles. The Labute approximate surface area is 60.6 Å². The van der Waals surface area contributed by atoms with Gasteiger partial charge in [-0.05, 0) is 25.3 Å². The predicted octanol–water partition coefficient (Wildman–Crippen LogP) is 2.11. The van der Waals surface area contributed by atoms with Crippen molar-refractivity contribution in [2.75, 3.05) is 0 Å². The van der Waals surface area contributed by atoms with Crippen molar-refractivity contribution in [1.82, 2.24) is 0 Å². The highest BCUT2D eigenvalue weighted by Crippen LogP contribution is 2.14. The molecule has 0 fully saturated rings. The highest BCUT2D eigenvalue weighted by molar-refractivity contribution is 5.79. The summed E-state index contributed by atoms with van der Waals surface area (Å²) in [4.78, 5) is 0. The summed E-state index contributed by atoms with van der Waals surface area (Å²) in [6.45, 7) is 2.05. The number of hydrogen-bond acceptors (Lipinski definition) is 2. The van der Waals surface area contributed by atoms with Crippen molar-refractivity contribution in [1.29, 1.82) is 0 Å². The molecule has 0 saturated carbocycles. The summed E-state index contributed by atoms with van der Waals surface area (Å²) in [6, 6.07) is 0. The Morgan fingerprint density at radius 1 is 1.70 bits per heavy atom. The molecule has 1 aliphatic rings. The molecule has 2 nitrogen and oxygen atoms in total. The van der Waals surface area contributed by atoms with Crippen molar-refractivity contribution in [2.24, 2.45) is 5.16 Å². The molecule has 0 aromatic carbocycles. The van der Waals surface area contributed by atoms with Crippen LogP contribution in [0.1, 0.15) is 19.8 Å². The third kappa shape index (κ3) is 1.72. The maximum atomic E-state index is 8.21. The van der Waals surface area contributed by atoms with Crippen molar-refractivity contribution in [3.05, 3.63) is 23.3 Å². The molecule has 0 spiro atoms. The Bertz CT molecular complexity index is 201. The predicted molar refractivity (Wildman–Crippen MR) is 41.4 cm³/mol. The lowest BCUT2D eigenvalue weighted by molar-refractivity contribution is 0.321. The van der Waals surface area contributed by atoms with Crippen LogP contribution in [-0.4, -0.2) is 11.4 Å². The monoisotopic (exact) mass is 137 g/mol. The Balaban J connectivity index is 2.68. The van der Waals surface area contributed by atoms with Gasteiger partial charge in [0, 0.05) is 0 Å². The molecule has 1 aliphatic carbocycles. The van der Waals surface area contributed by atoms with E-state index in [0.29, 0.717) is 0 Å². The molecule has 10 heavy (non-hydrogen) atoms. The Morgan fingerprint density at radius 3 is 3.10 bits per heavy atom. The molecule has 1 rings (SSSR count). The van der Waals surface area contributed by atoms with Crippen molar-refractivity contribution in [3.63, 3.8) is 0 Å². The summed E-state index contributed by atoms with van der Waals surface area (Å²) in [5.74, 6) is 0. The first kappa shape index (κ1) is 7.06. The van der Waals surface area contributed by atoms with E-state index in [-0.39, 0.29) is 0 Å². The van der Waals surface area contributed by atoms with E-state index in [1.807, 2.05) is 13.0 Å². The standard InChI is InChI=1S/C8H11NO/c1-7-3-2-4-8(5-7)6-9-10/h3,5-6,10H,2,4H2,1H3/b9-6+. The SMILES string of the molecule is CC1=CCCC(/C=N/O)=C1. The minimum atomic E-state index is 0.988. The third-order valence-electron chi connectivity index (χ3n) is 1.54. The summed E-state index contributed by atoms with van der Waals surface area (Å²) in [5, 5.41) is 11.2. The number of hydrogen-bond donors (Lipinski definition) is 1. The van der Waals surface area contributed by atoms with Gasteiger partial charge in [-0.1, -0.05) is 22.9 Å². The van der Waals surface area contributed by atoms with Crippen LogP contribution in [0.15, 0.2) is 28.5 Å². The molecular weight excluding hydrogens is 126 g/mol. The molecule has 54 valence electrons. The van der Waals surface area contributed by atoms with Crippen LogP contribution in [0.25, 0.3) is 0 Å². The molecule has 0 atom stereocenters.